The zero-order valence-electron chi connectivity index (χ0n) is 61.6. The molecule has 556 valence electrons. The van der Waals surface area contributed by atoms with Gasteiger partial charge in [0.05, 0.1) is 48.9 Å². The van der Waals surface area contributed by atoms with E-state index in [9.17, 15) is 61.4 Å². The van der Waals surface area contributed by atoms with Crippen molar-refractivity contribution in [1.82, 2.24) is 29.8 Å². The molecule has 0 unspecified atom stereocenters. The van der Waals surface area contributed by atoms with Crippen LogP contribution in [0.1, 0.15) is 202 Å². The number of carbonyl (C=O) groups excluding carboxylic acids is 9. The molecule has 20 nitrogen and oxygen atoms in total. The van der Waals surface area contributed by atoms with Crippen LogP contribution in [0.4, 0.5) is 23.7 Å². The molecule has 3 saturated heterocycles. The molecule has 3 heterocycles. The monoisotopic (exact) mass is 1390 g/mol. The van der Waals surface area contributed by atoms with Gasteiger partial charge in [-0.3, -0.25) is 48.6 Å². The van der Waals surface area contributed by atoms with Crippen LogP contribution in [-0.2, 0) is 59.2 Å². The molecule has 5 rings (SSSR count). The molecule has 0 aromatic heterocycles. The quantitative estimate of drug-likeness (QED) is 0.0413. The normalized spacial score (nSPS) is 19.2. The lowest BCUT2D eigenvalue weighted by Crippen LogP contribution is -2.54. The largest absolute Gasteiger partial charge is 0.445 e. The molecule has 99 heavy (non-hydrogen) atoms. The Kier molecular flexibility index (Phi) is 34.2. The number of carbonyl (C=O) groups is 9. The molecule has 6 amide bonds. The van der Waals surface area contributed by atoms with Gasteiger partial charge in [0, 0.05) is 96.9 Å². The molecular formula is C76H118F3N7O13. The van der Waals surface area contributed by atoms with Gasteiger partial charge in [-0.1, -0.05) is 137 Å². The number of hydrogen-bond acceptors (Lipinski definition) is 15. The minimum atomic E-state index is -4.67. The topological polar surface area (TPSA) is 242 Å². The van der Waals surface area contributed by atoms with Crippen molar-refractivity contribution in [1.29, 1.82) is 0 Å². The number of hydrogen-bond donors (Lipinski definition) is 3. The van der Waals surface area contributed by atoms with Gasteiger partial charge in [-0.25, -0.2) is 4.79 Å². The third-order valence-electron chi connectivity index (χ3n) is 21.0. The van der Waals surface area contributed by atoms with Gasteiger partial charge in [-0.05, 0) is 124 Å². The number of aliphatic hydroxyl groups is 1. The lowest BCUT2D eigenvalue weighted by Gasteiger charge is -2.41. The Morgan fingerprint density at radius 3 is 1.90 bits per heavy atom. The molecular weight excluding hydrogens is 1280 g/mol. The molecule has 2 aromatic rings. The Morgan fingerprint density at radius 1 is 0.677 bits per heavy atom. The molecule has 3 aliphatic heterocycles. The first-order valence-corrected chi connectivity index (χ1v) is 36.5. The number of likely N-dealkylation sites (N-methyl/N-ethyl adjacent to an activating group) is 2. The van der Waals surface area contributed by atoms with E-state index in [4.69, 9.17) is 14.2 Å². The lowest BCUT2D eigenvalue weighted by atomic mass is 9.83. The van der Waals surface area contributed by atoms with Crippen LogP contribution in [0.15, 0.2) is 54.6 Å². The summed E-state index contributed by atoms with van der Waals surface area (Å²) in [4.78, 5) is 132. The van der Waals surface area contributed by atoms with Crippen LogP contribution in [0.2, 0.25) is 0 Å². The van der Waals surface area contributed by atoms with E-state index < -0.39 is 96.2 Å². The number of piperidine rings is 1. The van der Waals surface area contributed by atoms with Gasteiger partial charge in [0.15, 0.2) is 11.6 Å². The number of rotatable bonds is 42. The van der Waals surface area contributed by atoms with Crippen LogP contribution in [0.5, 0.6) is 0 Å². The Labute approximate surface area is 587 Å². The van der Waals surface area contributed by atoms with Crippen molar-refractivity contribution in [3.8, 4) is 0 Å². The van der Waals surface area contributed by atoms with Crippen molar-refractivity contribution in [2.45, 2.75) is 246 Å². The van der Waals surface area contributed by atoms with E-state index in [2.05, 4.69) is 15.5 Å². The maximum absolute atomic E-state index is 14.9. The molecule has 0 radical (unpaired) electrons. The molecule has 13 atom stereocenters. The van der Waals surface area contributed by atoms with E-state index in [1.165, 1.54) is 19.1 Å². The summed E-state index contributed by atoms with van der Waals surface area (Å²) in [5, 5.41) is 16.6. The molecule has 2 aromatic carbocycles. The predicted octanol–water partition coefficient (Wildman–Crippen LogP) is 11.8. The number of ketones is 3. The number of nitrogens with one attached hydrogen (secondary N) is 2. The number of nitrogens with zero attached hydrogens (tertiary/aromatic N) is 5. The highest BCUT2D eigenvalue weighted by atomic mass is 19.4. The van der Waals surface area contributed by atoms with Crippen LogP contribution < -0.4 is 10.6 Å². The highest BCUT2D eigenvalue weighted by Crippen LogP contribution is 2.35. The fraction of sp³-hybridized carbons (Fsp3) is 0.724. The summed E-state index contributed by atoms with van der Waals surface area (Å²) in [7, 11) is 6.24. The molecule has 3 N–H and O–H groups in total. The number of anilines is 1. The van der Waals surface area contributed by atoms with Crippen molar-refractivity contribution >= 4 is 58.7 Å². The molecule has 0 spiro atoms. The number of aliphatic hydroxyl groups excluding tert-OH is 1. The van der Waals surface area contributed by atoms with Gasteiger partial charge < -0.3 is 44.2 Å². The van der Waals surface area contributed by atoms with Gasteiger partial charge in [0.25, 0.3) is 0 Å². The number of unbranched alkanes of at least 4 members (excludes halogenated alkanes) is 2. The maximum Gasteiger partial charge on any atom is 0.410 e. The first-order chi connectivity index (χ1) is 46.8. The minimum Gasteiger partial charge on any atom is -0.445 e. The SMILES string of the molecule is CC[C@H](C)[C@@H]([C@@H](CC(=O)N1CCC[C@H]1[C@H](OC)[C@@H](C)C(=O)C[C@H](C)[C@@H](O)c1ccccc1)OC)N(C)C(=O)[C@@H](CC(=O)[C@H](C(C)C)N(C)C(=O)OCc1ccc(NC(=O)[C@H](CCCN2CCCCC2)CC(=O)[C@@H](N[C@H](CCCCCN2C(=O)CCC2=O)C(F)(F)F)C(C)C)cc1)C(C)C. The number of ether oxygens (including phenoxy) is 3. The van der Waals surface area contributed by atoms with Crippen LogP contribution in [0.25, 0.3) is 0 Å². The molecule has 3 aliphatic rings. The molecule has 0 aliphatic carbocycles. The summed E-state index contributed by atoms with van der Waals surface area (Å²) >= 11 is 0. The van der Waals surface area contributed by atoms with E-state index in [0.29, 0.717) is 69.3 Å². The van der Waals surface area contributed by atoms with Crippen molar-refractivity contribution in [3.63, 3.8) is 0 Å². The second-order valence-corrected chi connectivity index (χ2v) is 29.3. The van der Waals surface area contributed by atoms with Crippen molar-refractivity contribution in [2.75, 3.05) is 66.4 Å². The Balaban J connectivity index is 1.20. The number of benzene rings is 2. The van der Waals surface area contributed by atoms with E-state index in [0.717, 1.165) is 42.8 Å². The number of amides is 6. The number of imide groups is 1. The summed E-state index contributed by atoms with van der Waals surface area (Å²) in [5.74, 6) is -6.38. The van der Waals surface area contributed by atoms with Crippen LogP contribution in [0, 0.1) is 47.3 Å². The average Bonchev–Trinajstić information content (AvgIpc) is 1.80. The Hall–Kier alpha value is -6.14. The number of methoxy groups -OCH3 is 2. The van der Waals surface area contributed by atoms with Gasteiger partial charge in [-0.15, -0.1) is 0 Å². The molecule has 0 bridgehead atoms. The summed E-state index contributed by atoms with van der Waals surface area (Å²) in [6.07, 6.45) is -1.02. The summed E-state index contributed by atoms with van der Waals surface area (Å²) < 4.78 is 61.7. The van der Waals surface area contributed by atoms with Gasteiger partial charge in [0.1, 0.15) is 18.4 Å². The number of alkyl halides is 3. The summed E-state index contributed by atoms with van der Waals surface area (Å²) in [6, 6.07) is 10.7. The third-order valence-corrected chi connectivity index (χ3v) is 21.0. The van der Waals surface area contributed by atoms with Crippen molar-refractivity contribution < 1.29 is 75.6 Å². The fourth-order valence-electron chi connectivity index (χ4n) is 14.8. The summed E-state index contributed by atoms with van der Waals surface area (Å²) in [5.41, 5.74) is 1.67. The van der Waals surface area contributed by atoms with E-state index >= 15 is 0 Å². The van der Waals surface area contributed by atoms with E-state index in [-0.39, 0.29) is 123 Å². The maximum atomic E-state index is 14.9. The smallest absolute Gasteiger partial charge is 0.410 e. The second kappa shape index (κ2) is 40.5. The average molecular weight is 1390 g/mol. The molecule has 3 fully saturated rings. The highest BCUT2D eigenvalue weighted by Gasteiger charge is 2.46. The van der Waals surface area contributed by atoms with Crippen LogP contribution >= 0.6 is 0 Å². The predicted molar refractivity (Wildman–Crippen MR) is 375 cm³/mol. The summed E-state index contributed by atoms with van der Waals surface area (Å²) in [6.45, 7) is 21.3. The molecule has 0 saturated carbocycles. The zero-order chi connectivity index (χ0) is 73.4. The number of likely N-dealkylation sites (tertiary alicyclic amines) is 3. The highest BCUT2D eigenvalue weighted by molar-refractivity contribution is 6.02. The standard InChI is InChI=1S/C76H118F3N7O13/c1-15-51(8)70(63(97-13)46-67(92)85-42-26-30-59(85)72(98-14)53(10)60(87)43-52(9)71(93)55-27-19-16-20-28-55)82(11)74(95)58(48(2)3)45-62(89)69(50(6)7)83(12)75(96)99-47-54-32-34-57(35-33-54)80-73(94)56(29-25-40-84-38-22-18-23-39-84)44-61(88)68(49(4)5)81-64(76(77,78)79)31-21-17-24-41-86-65(90)36-37-66(86)91/h16,19-20,27-28,32-35,48-53,56,58-59,63-64,68-72,81,93H,15,17-18,21-26,29-31,36-47H2,1-14H3,(H,80,94)/t51-,52-,53-,56+,58-,59-,63+,64+,68-,69-,70-,71+,72+/m0/s1. The Bertz CT molecular complexity index is 2900. The fourth-order valence-corrected chi connectivity index (χ4v) is 14.8. The van der Waals surface area contributed by atoms with Gasteiger partial charge in [-0.2, -0.15) is 13.2 Å². The third kappa shape index (κ3) is 24.5. The van der Waals surface area contributed by atoms with E-state index in [1.54, 1.807) is 62.1 Å². The first-order valence-electron chi connectivity index (χ1n) is 36.5. The van der Waals surface area contributed by atoms with Crippen molar-refractivity contribution in [2.24, 2.45) is 47.3 Å². The van der Waals surface area contributed by atoms with Gasteiger partial charge in [0.2, 0.25) is 29.5 Å². The van der Waals surface area contributed by atoms with Crippen LogP contribution in [0.3, 0.4) is 0 Å². The lowest BCUT2D eigenvalue weighted by molar-refractivity contribution is -0.161. The first kappa shape index (κ1) is 83.5. The van der Waals surface area contributed by atoms with Crippen LogP contribution in [-0.4, -0.2) is 192 Å². The number of halogens is 3. The number of Topliss-reactive ketones (excluding diaryl/α,β-unsaturated/α-hetero) is 3. The molecule has 23 heteroatoms. The minimum absolute atomic E-state index is 0.0579. The van der Waals surface area contributed by atoms with E-state index in [1.807, 2.05) is 85.7 Å². The zero-order valence-corrected chi connectivity index (χ0v) is 61.6. The second-order valence-electron chi connectivity index (χ2n) is 29.3. The Morgan fingerprint density at radius 2 is 1.32 bits per heavy atom. The van der Waals surface area contributed by atoms with Gasteiger partial charge >= 0.3 is 12.3 Å². The van der Waals surface area contributed by atoms with Crippen molar-refractivity contribution in [3.05, 3.63) is 65.7 Å².